The summed E-state index contributed by atoms with van der Waals surface area (Å²) < 4.78 is 39.4. The van der Waals surface area contributed by atoms with Crippen LogP contribution in [0.2, 0.25) is 0 Å². The quantitative estimate of drug-likeness (QED) is 0.888. The molecule has 0 radical (unpaired) electrons. The van der Waals surface area contributed by atoms with Crippen LogP contribution in [0, 0.1) is 0 Å². The summed E-state index contributed by atoms with van der Waals surface area (Å²) in [5.74, 6) is -0.868. The van der Waals surface area contributed by atoms with Gasteiger partial charge in [0.1, 0.15) is 5.75 Å². The largest absolute Gasteiger partial charge is 0.573 e. The van der Waals surface area contributed by atoms with Gasteiger partial charge in [0.2, 0.25) is 5.91 Å². The lowest BCUT2D eigenvalue weighted by molar-refractivity contribution is -0.274. The summed E-state index contributed by atoms with van der Waals surface area (Å²) in [5.41, 5.74) is 5.77. The topological polar surface area (TPSA) is 52.3 Å². The van der Waals surface area contributed by atoms with Crippen LogP contribution >= 0.6 is 0 Å². The Labute approximate surface area is 96.4 Å². The summed E-state index contributed by atoms with van der Waals surface area (Å²) in [5, 5.41) is 0. The molecule has 0 saturated heterocycles. The molecule has 0 saturated carbocycles. The Morgan fingerprint density at radius 2 is 1.88 bits per heavy atom. The van der Waals surface area contributed by atoms with E-state index in [-0.39, 0.29) is 18.1 Å². The number of ether oxygens (including phenoxy) is 1. The van der Waals surface area contributed by atoms with Crippen molar-refractivity contribution in [3.8, 4) is 5.75 Å². The number of hydrogen-bond acceptors (Lipinski definition) is 2. The highest BCUT2D eigenvalue weighted by atomic mass is 19.4. The molecule has 1 atom stereocenters. The predicted molar refractivity (Wildman–Crippen MR) is 55.4 cm³/mol. The van der Waals surface area contributed by atoms with Crippen molar-refractivity contribution in [2.75, 3.05) is 0 Å². The van der Waals surface area contributed by atoms with Crippen molar-refractivity contribution < 1.29 is 22.7 Å². The van der Waals surface area contributed by atoms with E-state index in [2.05, 4.69) is 4.74 Å². The molecule has 0 spiro atoms. The van der Waals surface area contributed by atoms with Gasteiger partial charge in [-0.25, -0.2) is 0 Å². The number of rotatable bonds is 4. The number of alkyl halides is 3. The van der Waals surface area contributed by atoms with Crippen LogP contribution in [-0.2, 0) is 4.79 Å². The summed E-state index contributed by atoms with van der Waals surface area (Å²) in [7, 11) is 0. The normalized spacial score (nSPS) is 13.2. The van der Waals surface area contributed by atoms with E-state index < -0.39 is 12.3 Å². The molecule has 0 unspecified atom stereocenters. The maximum atomic E-state index is 11.9. The fraction of sp³-hybridized carbons (Fsp3) is 0.364. The van der Waals surface area contributed by atoms with Crippen LogP contribution in [0.1, 0.15) is 24.8 Å². The van der Waals surface area contributed by atoms with Crippen molar-refractivity contribution in [1.29, 1.82) is 0 Å². The third-order valence-corrected chi connectivity index (χ3v) is 2.19. The second-order valence-corrected chi connectivity index (χ2v) is 3.69. The molecule has 1 rings (SSSR count). The van der Waals surface area contributed by atoms with E-state index in [9.17, 15) is 18.0 Å². The number of hydrogen-bond donors (Lipinski definition) is 1. The zero-order valence-electron chi connectivity index (χ0n) is 9.12. The molecule has 2 N–H and O–H groups in total. The van der Waals surface area contributed by atoms with Gasteiger partial charge in [0, 0.05) is 6.42 Å². The van der Waals surface area contributed by atoms with E-state index in [0.717, 1.165) is 5.56 Å². The molecule has 6 heteroatoms. The van der Waals surface area contributed by atoms with Gasteiger partial charge in [-0.15, -0.1) is 13.2 Å². The lowest BCUT2D eigenvalue weighted by atomic mass is 9.97. The molecular weight excluding hydrogens is 235 g/mol. The summed E-state index contributed by atoms with van der Waals surface area (Å²) in [4.78, 5) is 10.7. The summed E-state index contributed by atoms with van der Waals surface area (Å²) >= 11 is 0. The Kier molecular flexibility index (Phi) is 3.98. The highest BCUT2D eigenvalue weighted by molar-refractivity contribution is 5.74. The van der Waals surface area contributed by atoms with Crippen molar-refractivity contribution in [3.63, 3.8) is 0 Å². The zero-order chi connectivity index (χ0) is 13.1. The van der Waals surface area contributed by atoms with Crippen LogP contribution in [-0.4, -0.2) is 12.3 Å². The maximum Gasteiger partial charge on any atom is 0.573 e. The number of carbonyl (C=O) groups is 1. The molecule has 1 aromatic rings. The lowest BCUT2D eigenvalue weighted by Crippen LogP contribution is -2.17. The van der Waals surface area contributed by atoms with Gasteiger partial charge in [-0.2, -0.15) is 0 Å². The highest BCUT2D eigenvalue weighted by Crippen LogP contribution is 2.25. The molecule has 1 amide bonds. The highest BCUT2D eigenvalue weighted by Gasteiger charge is 2.30. The monoisotopic (exact) mass is 247 g/mol. The number of halogens is 3. The van der Waals surface area contributed by atoms with E-state index in [1.54, 1.807) is 6.92 Å². The van der Waals surface area contributed by atoms with Crippen molar-refractivity contribution in [2.45, 2.75) is 25.6 Å². The third-order valence-electron chi connectivity index (χ3n) is 2.19. The molecule has 0 aliphatic rings. The Morgan fingerprint density at radius 1 is 1.35 bits per heavy atom. The number of benzene rings is 1. The number of carbonyl (C=O) groups excluding carboxylic acids is 1. The smallest absolute Gasteiger partial charge is 0.406 e. The minimum absolute atomic E-state index is 0.132. The van der Waals surface area contributed by atoms with Gasteiger partial charge in [-0.05, 0) is 23.6 Å². The minimum atomic E-state index is -4.69. The fourth-order valence-electron chi connectivity index (χ4n) is 1.42. The lowest BCUT2D eigenvalue weighted by Gasteiger charge is -2.12. The first-order chi connectivity index (χ1) is 7.78. The molecule has 0 heterocycles. The summed E-state index contributed by atoms with van der Waals surface area (Å²) in [6.07, 6.45) is -4.54. The van der Waals surface area contributed by atoms with Gasteiger partial charge in [0.05, 0.1) is 0 Å². The maximum absolute atomic E-state index is 11.9. The molecule has 94 valence electrons. The van der Waals surface area contributed by atoms with E-state index >= 15 is 0 Å². The zero-order valence-corrected chi connectivity index (χ0v) is 9.12. The average molecular weight is 247 g/mol. The van der Waals surface area contributed by atoms with Crippen LogP contribution in [0.4, 0.5) is 13.2 Å². The second kappa shape index (κ2) is 5.07. The minimum Gasteiger partial charge on any atom is -0.406 e. The first-order valence-electron chi connectivity index (χ1n) is 4.92. The van der Waals surface area contributed by atoms with Crippen LogP contribution < -0.4 is 10.5 Å². The predicted octanol–water partition coefficient (Wildman–Crippen LogP) is 2.56. The molecule has 0 aromatic heterocycles. The van der Waals surface area contributed by atoms with Gasteiger partial charge in [-0.3, -0.25) is 4.79 Å². The molecule has 0 aliphatic carbocycles. The average Bonchev–Trinajstić information content (AvgIpc) is 2.15. The molecule has 0 fully saturated rings. The Balaban J connectivity index is 2.71. The van der Waals surface area contributed by atoms with E-state index in [1.165, 1.54) is 24.3 Å². The number of primary amides is 1. The summed E-state index contributed by atoms with van der Waals surface area (Å²) in [6.45, 7) is 1.77. The SMILES string of the molecule is C[C@H](CC(N)=O)c1ccc(OC(F)(F)F)cc1. The molecule has 3 nitrogen and oxygen atoms in total. The molecule has 1 aromatic carbocycles. The number of amides is 1. The van der Waals surface area contributed by atoms with Crippen LogP contribution in [0.3, 0.4) is 0 Å². The van der Waals surface area contributed by atoms with Crippen molar-refractivity contribution in [2.24, 2.45) is 5.73 Å². The van der Waals surface area contributed by atoms with Crippen molar-refractivity contribution in [3.05, 3.63) is 29.8 Å². The van der Waals surface area contributed by atoms with E-state index in [0.29, 0.717) is 0 Å². The second-order valence-electron chi connectivity index (χ2n) is 3.69. The van der Waals surface area contributed by atoms with E-state index in [1.807, 2.05) is 0 Å². The van der Waals surface area contributed by atoms with E-state index in [4.69, 9.17) is 5.73 Å². The molecule has 17 heavy (non-hydrogen) atoms. The standard InChI is InChI=1S/C11H12F3NO2/c1-7(6-10(15)16)8-2-4-9(5-3-8)17-11(12,13)14/h2-5,7H,6H2,1H3,(H2,15,16)/t7-/m1/s1. The van der Waals surface area contributed by atoms with Crippen LogP contribution in [0.5, 0.6) is 5.75 Å². The fourth-order valence-corrected chi connectivity index (χ4v) is 1.42. The summed E-state index contributed by atoms with van der Waals surface area (Å²) in [6, 6.07) is 5.38. The van der Waals surface area contributed by atoms with Crippen LogP contribution in [0.15, 0.2) is 24.3 Å². The Morgan fingerprint density at radius 3 is 2.29 bits per heavy atom. The van der Waals surface area contributed by atoms with Crippen molar-refractivity contribution in [1.82, 2.24) is 0 Å². The Bertz CT molecular complexity index is 387. The van der Waals surface area contributed by atoms with Gasteiger partial charge in [0.25, 0.3) is 0 Å². The molecule has 0 aliphatic heterocycles. The first kappa shape index (κ1) is 13.3. The van der Waals surface area contributed by atoms with Crippen LogP contribution in [0.25, 0.3) is 0 Å². The third kappa shape index (κ3) is 4.76. The van der Waals surface area contributed by atoms with Gasteiger partial charge in [0.15, 0.2) is 0 Å². The van der Waals surface area contributed by atoms with Gasteiger partial charge < -0.3 is 10.5 Å². The van der Waals surface area contributed by atoms with Crippen molar-refractivity contribution >= 4 is 5.91 Å². The Hall–Kier alpha value is -1.72. The van der Waals surface area contributed by atoms with Gasteiger partial charge >= 0.3 is 6.36 Å². The van der Waals surface area contributed by atoms with Gasteiger partial charge in [-0.1, -0.05) is 19.1 Å². The first-order valence-corrected chi connectivity index (χ1v) is 4.92. The molecular formula is C11H12F3NO2. The molecule has 0 bridgehead atoms. The number of nitrogens with two attached hydrogens (primary N) is 1.